The number of nitro groups is 2. The molecule has 0 aromatic heterocycles. The zero-order chi connectivity index (χ0) is 65.9. The van der Waals surface area contributed by atoms with E-state index in [0.29, 0.717) is 0 Å². The van der Waals surface area contributed by atoms with Gasteiger partial charge in [-0.2, -0.15) is 0 Å². The summed E-state index contributed by atoms with van der Waals surface area (Å²) < 4.78 is 74.7. The Morgan fingerprint density at radius 1 is 0.700 bits per heavy atom. The number of ether oxygens (including phenoxy) is 12. The van der Waals surface area contributed by atoms with Crippen LogP contribution in [-0.2, 0) is 73.7 Å². The number of carbonyl (C=O) groups excluding carboxylic acids is 3. The van der Waals surface area contributed by atoms with Gasteiger partial charge in [-0.25, -0.2) is 0 Å². The van der Waals surface area contributed by atoms with Crippen molar-refractivity contribution in [1.29, 1.82) is 0 Å². The van der Waals surface area contributed by atoms with Crippen molar-refractivity contribution in [3.05, 3.63) is 71.3 Å². The number of methoxy groups -OCH3 is 1. The molecule has 6 heterocycles. The number of aliphatic hydroxyl groups excluding tert-OH is 2. The third kappa shape index (κ3) is 11.7. The lowest BCUT2D eigenvalue weighted by atomic mass is 9.72. The Balaban J connectivity index is 0.894. The van der Waals surface area contributed by atoms with E-state index in [-0.39, 0.29) is 59.3 Å². The summed E-state index contributed by atoms with van der Waals surface area (Å²) in [5, 5.41) is 94.8. The Morgan fingerprint density at radius 3 is 1.82 bits per heavy atom. The average Bonchev–Trinajstić information content (AvgIpc) is 0.700. The van der Waals surface area contributed by atoms with Gasteiger partial charge < -0.3 is 97.3 Å². The third-order valence-corrected chi connectivity index (χ3v) is 19.5. The number of carboxylic acids is 1. The van der Waals surface area contributed by atoms with E-state index in [9.17, 15) is 60.1 Å². The first kappa shape index (κ1) is 67.2. The van der Waals surface area contributed by atoms with Crippen LogP contribution in [0.3, 0.4) is 0 Å². The van der Waals surface area contributed by atoms with Crippen LogP contribution in [-0.4, -0.2) is 236 Å². The van der Waals surface area contributed by atoms with Crippen molar-refractivity contribution in [2.24, 2.45) is 0 Å². The molecule has 2 aromatic carbocycles. The lowest BCUT2D eigenvalue weighted by molar-refractivity contribution is -0.610. The predicted molar refractivity (Wildman–Crippen MR) is 304 cm³/mol. The van der Waals surface area contributed by atoms with E-state index < -0.39 is 221 Å². The number of phenols is 2. The zero-order valence-corrected chi connectivity index (χ0v) is 52.4. The minimum atomic E-state index is -2.06. The minimum absolute atomic E-state index is 0.0196. The molecule has 2 aromatic rings. The first-order valence-electron chi connectivity index (χ1n) is 30.2. The van der Waals surface area contributed by atoms with Crippen molar-refractivity contribution in [2.45, 2.75) is 246 Å². The molecule has 2 aliphatic carbocycles. The molecular formula is C60H82N4O26. The summed E-state index contributed by atoms with van der Waals surface area (Å²) >= 11 is 0. The summed E-state index contributed by atoms with van der Waals surface area (Å²) in [6.07, 6.45) is -21.9. The fourth-order valence-corrected chi connectivity index (χ4v) is 14.7. The van der Waals surface area contributed by atoms with E-state index in [2.05, 4.69) is 0 Å². The maximum atomic E-state index is 15.2. The van der Waals surface area contributed by atoms with Gasteiger partial charge in [0.15, 0.2) is 49.3 Å². The molecule has 30 nitrogen and oxygen atoms in total. The lowest BCUT2D eigenvalue weighted by Crippen LogP contribution is -2.70. The third-order valence-electron chi connectivity index (χ3n) is 19.5. The number of likely N-dealkylation sites (N-methyl/N-ethyl adjacent to an activating group) is 2. The fraction of sp³-hybridized carbons (Fsp3) is 0.733. The summed E-state index contributed by atoms with van der Waals surface area (Å²) in [4.78, 5) is 82.6. The molecule has 0 radical (unpaired) electrons. The predicted octanol–water partition coefficient (Wildman–Crippen LogP) is 2.73. The number of carbonyl (C=O) groups is 4. The van der Waals surface area contributed by atoms with Gasteiger partial charge in [-0.15, -0.1) is 0 Å². The molecule has 30 heteroatoms. The first-order valence-corrected chi connectivity index (χ1v) is 30.2. The quantitative estimate of drug-likeness (QED) is 0.0490. The van der Waals surface area contributed by atoms with Crippen molar-refractivity contribution in [2.75, 3.05) is 35.3 Å². The summed E-state index contributed by atoms with van der Waals surface area (Å²) in [5.41, 5.74) is -8.90. The van der Waals surface area contributed by atoms with E-state index in [1.165, 1.54) is 53.9 Å². The number of fused-ring (bicyclic) bond motifs is 8. The number of nitrogens with zero attached hydrogens (tertiary/aromatic N) is 4. The van der Waals surface area contributed by atoms with Gasteiger partial charge in [0.05, 0.1) is 90.6 Å². The maximum absolute atomic E-state index is 15.2. The standard InChI is InChI=1S/C60H82N4O26/c1-24-45(68)31(61(9)10)18-36(80-24)84-33-21-57(5,74)20-29-40(33)48(71)42-43(47(29)70)49(72)41-28(46(42)69)14-15-30-52(41)89-56-50(73)44(62(11)12)55(60(30,8)90-56)88-39-23-59(7,64(77)78)54(27(4)83-39)87-38-22-58(6,63(75)76)53(26(3)82-38)86-37-19-32(79-13)51(25(2)81-37)85-35(67)17-16-34(65)66/h14-15,24-27,31-33,36-39,44-45,50-51,53-56,68,70-71,73-74H,16-23H2,1-13H3,(H,65,66)/t24-,25-,26+,27-,31-,32-,33+,36+,37+,38+,39+,44+,45+,50+,51+,53-,54+,55-,56+,57-,58-,59+,60+/m1/s1. The molecule has 5 fully saturated rings. The van der Waals surface area contributed by atoms with Crippen molar-refractivity contribution >= 4 is 23.5 Å². The van der Waals surface area contributed by atoms with Crippen LogP contribution in [0.1, 0.15) is 155 Å². The second-order valence-corrected chi connectivity index (χ2v) is 26.5. The molecule has 5 saturated heterocycles. The van der Waals surface area contributed by atoms with Crippen LogP contribution in [0.2, 0.25) is 0 Å². The summed E-state index contributed by atoms with van der Waals surface area (Å²) in [5.74, 6) is -5.35. The van der Waals surface area contributed by atoms with Crippen LogP contribution in [0.25, 0.3) is 0 Å². The van der Waals surface area contributed by atoms with Gasteiger partial charge in [0.25, 0.3) is 11.1 Å². The van der Waals surface area contributed by atoms with Crippen LogP contribution in [0.15, 0.2) is 12.1 Å². The van der Waals surface area contributed by atoms with Crippen molar-refractivity contribution in [1.82, 2.24) is 9.80 Å². The molecule has 2 bridgehead atoms. The van der Waals surface area contributed by atoms with E-state index >= 15 is 4.79 Å². The van der Waals surface area contributed by atoms with E-state index in [1.807, 2.05) is 4.90 Å². The highest BCUT2D eigenvalue weighted by atomic mass is 16.8. The van der Waals surface area contributed by atoms with Gasteiger partial charge in [-0.05, 0) is 75.8 Å². The van der Waals surface area contributed by atoms with E-state index in [4.69, 9.17) is 61.9 Å². The Kier molecular flexibility index (Phi) is 18.4. The number of hydrogen-bond donors (Lipinski definition) is 6. The molecule has 0 spiro atoms. The van der Waals surface area contributed by atoms with Crippen LogP contribution < -0.4 is 4.74 Å². The maximum Gasteiger partial charge on any atom is 0.306 e. The monoisotopic (exact) mass is 1270 g/mol. The molecule has 10 rings (SSSR count). The van der Waals surface area contributed by atoms with Crippen molar-refractivity contribution in [3.63, 3.8) is 0 Å². The van der Waals surface area contributed by atoms with Gasteiger partial charge in [0.1, 0.15) is 41.2 Å². The summed E-state index contributed by atoms with van der Waals surface area (Å²) in [6, 6.07) is 1.39. The normalized spacial score (nSPS) is 40.6. The number of aliphatic hydroxyl groups is 3. The molecular weight excluding hydrogens is 1190 g/mol. The second kappa shape index (κ2) is 24.7. The average molecular weight is 1280 g/mol. The molecule has 90 heavy (non-hydrogen) atoms. The van der Waals surface area contributed by atoms with Crippen LogP contribution in [0.5, 0.6) is 17.2 Å². The Bertz CT molecular complexity index is 3160. The molecule has 498 valence electrons. The number of rotatable bonds is 17. The largest absolute Gasteiger partial charge is 0.507 e. The smallest absolute Gasteiger partial charge is 0.306 e. The molecule has 0 saturated carbocycles. The number of carboxylic acid groups (broad SMARTS) is 1. The van der Waals surface area contributed by atoms with Gasteiger partial charge in [-0.1, -0.05) is 6.07 Å². The first-order chi connectivity index (χ1) is 42.0. The fourth-order valence-electron chi connectivity index (χ4n) is 14.7. The van der Waals surface area contributed by atoms with Gasteiger partial charge in [-0.3, -0.25) is 39.4 Å². The molecule has 6 N–H and O–H groups in total. The van der Waals surface area contributed by atoms with Crippen molar-refractivity contribution in [3.8, 4) is 17.2 Å². The number of benzene rings is 2. The van der Waals surface area contributed by atoms with Crippen LogP contribution in [0.4, 0.5) is 0 Å². The molecule has 6 aliphatic heterocycles. The van der Waals surface area contributed by atoms with Crippen molar-refractivity contribution < 1.29 is 117 Å². The van der Waals surface area contributed by atoms with Gasteiger partial charge >= 0.3 is 11.9 Å². The highest BCUT2D eigenvalue weighted by Crippen LogP contribution is 2.56. The SMILES string of the molecule is CO[C@@H]1C[C@H](O[C@@H]2[C@H](C)O[C@@H](O[C@H]3[C@@H](C)O[C@@H](O[C@@H]4[C@@H](N(C)C)[C@H](O)[C@H]5Oc6c(ccc7c6C(=O)c6c(O)c8c(c(O)c6C7=O)[C@@H](O[C@H]6C[C@@H](N(C)C)[C@@H](O)[C@@H](C)O6)C[C@](C)(O)C8)[C@]4(C)O5)C[C@]3(C)[N+](=O)[O-])C[C@@]2(C)[N+](=O)[O-])O[C@H](C)[C@@H]1OC(=O)CCC(=O)O. The lowest BCUT2D eigenvalue weighted by Gasteiger charge is -2.56. The highest BCUT2D eigenvalue weighted by Gasteiger charge is 2.65. The Morgan fingerprint density at radius 2 is 1.26 bits per heavy atom. The highest BCUT2D eigenvalue weighted by molar-refractivity contribution is 6.31. The number of esters is 1. The number of aromatic hydroxyl groups is 2. The van der Waals surface area contributed by atoms with E-state index in [0.717, 1.165) is 0 Å². The molecule has 23 atom stereocenters. The number of hydrogen-bond acceptors (Lipinski definition) is 27. The Labute approximate surface area is 518 Å². The topological polar surface area (TPSA) is 393 Å². The van der Waals surface area contributed by atoms with Crippen LogP contribution >= 0.6 is 0 Å². The number of ketones is 2. The summed E-state index contributed by atoms with van der Waals surface area (Å²) in [6.45, 7) is 12.0. The number of phenolic OH excluding ortho intramolecular Hbond substituents is 2. The molecule has 8 aliphatic rings. The van der Waals surface area contributed by atoms with Gasteiger partial charge in [0, 0.05) is 84.8 Å². The zero-order valence-electron chi connectivity index (χ0n) is 52.4. The number of aliphatic carboxylic acids is 1. The summed E-state index contributed by atoms with van der Waals surface area (Å²) in [7, 11) is 8.25. The van der Waals surface area contributed by atoms with Gasteiger partial charge in [0.2, 0.25) is 12.1 Å². The molecule has 0 unspecified atom stereocenters. The minimum Gasteiger partial charge on any atom is -0.507 e. The second-order valence-electron chi connectivity index (χ2n) is 26.5. The van der Waals surface area contributed by atoms with Crippen LogP contribution in [0, 0.1) is 20.2 Å². The van der Waals surface area contributed by atoms with E-state index in [1.54, 1.807) is 53.9 Å². The Hall–Kier alpha value is -5.68. The molecule has 0 amide bonds.